The number of likely N-dealkylation sites (tertiary alicyclic amines) is 1. The number of benzene rings is 2. The maximum atomic E-state index is 13.8. The van der Waals surface area contributed by atoms with E-state index in [1.807, 2.05) is 60.4 Å². The Bertz CT molecular complexity index is 1140. The van der Waals surface area contributed by atoms with Gasteiger partial charge in [0.15, 0.2) is 0 Å². The number of piperidine rings is 1. The van der Waals surface area contributed by atoms with Gasteiger partial charge in [-0.25, -0.2) is 9.78 Å². The Morgan fingerprint density at radius 2 is 1.56 bits per heavy atom. The number of rotatable bonds is 7. The number of aryl methyl sites for hydroxylation is 1. The quantitative estimate of drug-likeness (QED) is 0.549. The molecule has 3 heterocycles. The van der Waals surface area contributed by atoms with Crippen LogP contribution in [0.1, 0.15) is 35.4 Å². The van der Waals surface area contributed by atoms with E-state index in [1.54, 1.807) is 6.33 Å². The second-order valence-electron chi connectivity index (χ2n) is 9.33. The van der Waals surface area contributed by atoms with Gasteiger partial charge in [-0.1, -0.05) is 60.7 Å². The van der Waals surface area contributed by atoms with Crippen LogP contribution in [-0.2, 0) is 24.3 Å². The van der Waals surface area contributed by atoms with E-state index < -0.39 is 5.54 Å². The Morgan fingerprint density at radius 1 is 0.912 bits per heavy atom. The van der Waals surface area contributed by atoms with Gasteiger partial charge in [-0.15, -0.1) is 0 Å². The number of hydrogen-bond donors (Lipinski definition) is 1. The molecular weight excluding hydrogens is 426 g/mol. The number of urea groups is 1. The van der Waals surface area contributed by atoms with Gasteiger partial charge < -0.3 is 9.88 Å². The summed E-state index contributed by atoms with van der Waals surface area (Å²) in [5.74, 6) is -0.0509. The van der Waals surface area contributed by atoms with Crippen molar-refractivity contribution in [2.24, 2.45) is 0 Å². The van der Waals surface area contributed by atoms with Crippen molar-refractivity contribution < 1.29 is 9.59 Å². The number of H-pyrrole nitrogens is 1. The lowest BCUT2D eigenvalue weighted by molar-refractivity contribution is -0.136. The number of carbonyl (C=O) groups excluding carboxylic acids is 2. The van der Waals surface area contributed by atoms with Crippen molar-refractivity contribution in [3.63, 3.8) is 0 Å². The van der Waals surface area contributed by atoms with E-state index in [1.165, 1.54) is 10.5 Å². The maximum Gasteiger partial charge on any atom is 0.328 e. The number of amides is 3. The molecular formula is C27H31N5O2. The minimum absolute atomic E-state index is 0.0509. The van der Waals surface area contributed by atoms with Gasteiger partial charge in [0.25, 0.3) is 5.91 Å². The minimum atomic E-state index is -0.766. The number of imidazole rings is 1. The lowest BCUT2D eigenvalue weighted by Gasteiger charge is -2.42. The van der Waals surface area contributed by atoms with E-state index in [9.17, 15) is 9.59 Å². The van der Waals surface area contributed by atoms with Crippen LogP contribution in [0.25, 0.3) is 0 Å². The number of imide groups is 1. The fourth-order valence-corrected chi connectivity index (χ4v) is 5.21. The highest BCUT2D eigenvalue weighted by atomic mass is 16.2. The van der Waals surface area contributed by atoms with Crippen LogP contribution in [0.3, 0.4) is 0 Å². The normalized spacial score (nSPS) is 18.3. The summed E-state index contributed by atoms with van der Waals surface area (Å²) in [7, 11) is 0. The smallest absolute Gasteiger partial charge is 0.328 e. The minimum Gasteiger partial charge on any atom is -0.348 e. The molecule has 2 fully saturated rings. The van der Waals surface area contributed by atoms with Gasteiger partial charge in [0.05, 0.1) is 18.6 Å². The van der Waals surface area contributed by atoms with Crippen LogP contribution in [0.4, 0.5) is 4.79 Å². The van der Waals surface area contributed by atoms with E-state index in [4.69, 9.17) is 0 Å². The average molecular weight is 458 g/mol. The molecule has 2 aromatic carbocycles. The van der Waals surface area contributed by atoms with Crippen molar-refractivity contribution in [3.05, 3.63) is 89.5 Å². The number of nitrogens with one attached hydrogen (secondary N) is 1. The Morgan fingerprint density at radius 3 is 2.18 bits per heavy atom. The predicted molar refractivity (Wildman–Crippen MR) is 130 cm³/mol. The van der Waals surface area contributed by atoms with Crippen LogP contribution in [0.2, 0.25) is 0 Å². The lowest BCUT2D eigenvalue weighted by Crippen LogP contribution is -2.56. The van der Waals surface area contributed by atoms with Crippen molar-refractivity contribution >= 4 is 11.9 Å². The summed E-state index contributed by atoms with van der Waals surface area (Å²) in [6, 6.07) is 19.8. The third-order valence-electron chi connectivity index (χ3n) is 7.26. The van der Waals surface area contributed by atoms with E-state index in [0.717, 1.165) is 43.0 Å². The van der Waals surface area contributed by atoms with Gasteiger partial charge in [0.1, 0.15) is 5.54 Å². The second kappa shape index (κ2) is 9.43. The highest BCUT2D eigenvalue weighted by Gasteiger charge is 2.57. The molecule has 2 aliphatic rings. The molecule has 7 heteroatoms. The van der Waals surface area contributed by atoms with Gasteiger partial charge >= 0.3 is 6.03 Å². The van der Waals surface area contributed by atoms with Crippen LogP contribution in [-0.4, -0.2) is 61.8 Å². The van der Waals surface area contributed by atoms with E-state index in [2.05, 4.69) is 27.0 Å². The summed E-state index contributed by atoms with van der Waals surface area (Å²) in [6.45, 7) is 5.15. The topological polar surface area (TPSA) is 72.5 Å². The number of carbonyl (C=O) groups is 2. The standard InChI is InChI=1S/C27H31N5O2/c1-21-24(29-20-28-21)19-30-16-13-27(14-17-30)25(33)31(18-23-10-6-3-7-11-23)26(34)32(27)15-12-22-8-4-2-5-9-22/h2-11,20H,12-19H2,1H3,(H,28,29). The molecule has 34 heavy (non-hydrogen) atoms. The Balaban J connectivity index is 1.36. The van der Waals surface area contributed by atoms with E-state index in [-0.39, 0.29) is 11.9 Å². The third kappa shape index (κ3) is 4.23. The molecule has 0 aliphatic carbocycles. The van der Waals surface area contributed by atoms with Crippen LogP contribution in [0, 0.1) is 6.92 Å². The summed E-state index contributed by atoms with van der Waals surface area (Å²) in [4.78, 5) is 40.7. The fraction of sp³-hybridized carbons (Fsp3) is 0.370. The van der Waals surface area contributed by atoms with E-state index >= 15 is 0 Å². The second-order valence-corrected chi connectivity index (χ2v) is 9.33. The molecule has 0 unspecified atom stereocenters. The first-order valence-corrected chi connectivity index (χ1v) is 12.0. The molecule has 0 saturated carbocycles. The lowest BCUT2D eigenvalue weighted by atomic mass is 9.85. The molecule has 1 aromatic heterocycles. The monoisotopic (exact) mass is 457 g/mol. The van der Waals surface area contributed by atoms with Crippen molar-refractivity contribution in [2.45, 2.75) is 44.8 Å². The largest absolute Gasteiger partial charge is 0.348 e. The molecule has 2 aliphatic heterocycles. The first-order chi connectivity index (χ1) is 16.6. The van der Waals surface area contributed by atoms with Gasteiger partial charge in [-0.2, -0.15) is 0 Å². The van der Waals surface area contributed by atoms with Gasteiger partial charge in [-0.05, 0) is 37.3 Å². The molecule has 7 nitrogen and oxygen atoms in total. The molecule has 3 aromatic rings. The zero-order valence-electron chi connectivity index (χ0n) is 19.6. The summed E-state index contributed by atoms with van der Waals surface area (Å²) in [5, 5.41) is 0. The summed E-state index contributed by atoms with van der Waals surface area (Å²) in [6.07, 6.45) is 3.74. The average Bonchev–Trinajstić information content (AvgIpc) is 3.35. The van der Waals surface area contributed by atoms with Gasteiger partial charge in [0.2, 0.25) is 0 Å². The van der Waals surface area contributed by atoms with Crippen LogP contribution in [0.15, 0.2) is 67.0 Å². The zero-order valence-corrected chi connectivity index (χ0v) is 19.6. The first kappa shape index (κ1) is 22.3. The molecule has 2 saturated heterocycles. The molecule has 0 radical (unpaired) electrons. The summed E-state index contributed by atoms with van der Waals surface area (Å²) in [5.41, 5.74) is 3.49. The van der Waals surface area contributed by atoms with Crippen LogP contribution >= 0.6 is 0 Å². The summed E-state index contributed by atoms with van der Waals surface area (Å²) >= 11 is 0. The molecule has 0 bridgehead atoms. The van der Waals surface area contributed by atoms with E-state index in [0.29, 0.717) is 25.9 Å². The molecule has 0 atom stereocenters. The number of hydrogen-bond acceptors (Lipinski definition) is 4. The van der Waals surface area contributed by atoms with Crippen molar-refractivity contribution in [1.29, 1.82) is 0 Å². The Hall–Kier alpha value is -3.45. The molecule has 1 spiro atoms. The zero-order chi connectivity index (χ0) is 23.5. The van der Waals surface area contributed by atoms with Crippen LogP contribution < -0.4 is 0 Å². The van der Waals surface area contributed by atoms with Crippen molar-refractivity contribution in [1.82, 2.24) is 24.7 Å². The predicted octanol–water partition coefficient (Wildman–Crippen LogP) is 3.76. The van der Waals surface area contributed by atoms with Gasteiger partial charge in [0, 0.05) is 31.9 Å². The van der Waals surface area contributed by atoms with Crippen molar-refractivity contribution in [3.8, 4) is 0 Å². The molecule has 1 N–H and O–H groups in total. The number of nitrogens with zero attached hydrogens (tertiary/aromatic N) is 4. The summed E-state index contributed by atoms with van der Waals surface area (Å²) < 4.78 is 0. The molecule has 5 rings (SSSR count). The molecule has 176 valence electrons. The van der Waals surface area contributed by atoms with Crippen molar-refractivity contribution in [2.75, 3.05) is 19.6 Å². The Labute approximate surface area is 200 Å². The fourth-order valence-electron chi connectivity index (χ4n) is 5.21. The number of aromatic amines is 1. The third-order valence-corrected chi connectivity index (χ3v) is 7.26. The van der Waals surface area contributed by atoms with Gasteiger partial charge in [-0.3, -0.25) is 14.6 Å². The molecule has 3 amide bonds. The maximum absolute atomic E-state index is 13.8. The first-order valence-electron chi connectivity index (χ1n) is 12.0. The van der Waals surface area contributed by atoms with Crippen LogP contribution in [0.5, 0.6) is 0 Å². The highest BCUT2D eigenvalue weighted by molar-refractivity contribution is 6.07. The SMILES string of the molecule is Cc1[nH]cnc1CN1CCC2(CC1)C(=O)N(Cc1ccccc1)C(=O)N2CCc1ccccc1. The highest BCUT2D eigenvalue weighted by Crippen LogP contribution is 2.38. The number of aromatic nitrogens is 2. The Kier molecular flexibility index (Phi) is 6.20.